The molecule has 1 fully saturated rings. The first kappa shape index (κ1) is 15.5. The van der Waals surface area contributed by atoms with Gasteiger partial charge in [0.1, 0.15) is 11.6 Å². The third kappa shape index (κ3) is 3.68. The summed E-state index contributed by atoms with van der Waals surface area (Å²) in [7, 11) is 0. The predicted molar refractivity (Wildman–Crippen MR) is 90.1 cm³/mol. The highest BCUT2D eigenvalue weighted by Gasteiger charge is 2.21. The molecule has 0 aliphatic heterocycles. The van der Waals surface area contributed by atoms with Crippen molar-refractivity contribution in [2.75, 3.05) is 13.2 Å². The molecule has 2 aromatic rings. The summed E-state index contributed by atoms with van der Waals surface area (Å²) in [6, 6.07) is 3.31. The van der Waals surface area contributed by atoms with Crippen LogP contribution >= 0.6 is 34.2 Å². The molecule has 1 saturated carbocycles. The maximum absolute atomic E-state index is 13.8. The molecule has 0 saturated heterocycles. The average Bonchev–Trinajstić information content (AvgIpc) is 3.23. The second kappa shape index (κ2) is 6.79. The van der Waals surface area contributed by atoms with Crippen molar-refractivity contribution in [2.45, 2.75) is 31.7 Å². The van der Waals surface area contributed by atoms with Crippen LogP contribution in [0.25, 0.3) is 11.0 Å². The highest BCUT2D eigenvalue weighted by Crippen LogP contribution is 2.28. The van der Waals surface area contributed by atoms with Crippen LogP contribution in [0.5, 0.6) is 0 Å². The van der Waals surface area contributed by atoms with Crippen molar-refractivity contribution in [2.24, 2.45) is 5.92 Å². The zero-order valence-electron chi connectivity index (χ0n) is 11.6. The molecular weight excluding hydrogens is 406 g/mol. The molecule has 0 atom stereocenters. The van der Waals surface area contributed by atoms with Gasteiger partial charge >= 0.3 is 0 Å². The standard InChI is InChI=1S/C15H17ClFIN2O/c16-8-15-19-13-7-12(18)11(17)6-14(13)20(15)4-1-5-21-9-10-2-3-10/h6-7,10H,1-5,8-9H2. The lowest BCUT2D eigenvalue weighted by atomic mass is 10.3. The van der Waals surface area contributed by atoms with E-state index in [1.165, 1.54) is 12.8 Å². The fourth-order valence-corrected chi connectivity index (χ4v) is 3.04. The van der Waals surface area contributed by atoms with Gasteiger partial charge in [0.25, 0.3) is 0 Å². The monoisotopic (exact) mass is 422 g/mol. The van der Waals surface area contributed by atoms with Crippen LogP contribution in [0.4, 0.5) is 4.39 Å². The van der Waals surface area contributed by atoms with E-state index in [2.05, 4.69) is 4.98 Å². The van der Waals surface area contributed by atoms with Crippen LogP contribution in [0.2, 0.25) is 0 Å². The van der Waals surface area contributed by atoms with Gasteiger partial charge in [0.05, 0.1) is 20.5 Å². The van der Waals surface area contributed by atoms with E-state index in [0.717, 1.165) is 49.0 Å². The number of ether oxygens (including phenoxy) is 1. The summed E-state index contributed by atoms with van der Waals surface area (Å²) >= 11 is 7.94. The second-order valence-corrected chi connectivity index (χ2v) is 6.87. The minimum Gasteiger partial charge on any atom is -0.381 e. The van der Waals surface area contributed by atoms with Crippen molar-refractivity contribution in [1.82, 2.24) is 9.55 Å². The molecule has 1 aliphatic rings. The second-order valence-electron chi connectivity index (χ2n) is 5.44. The van der Waals surface area contributed by atoms with Gasteiger partial charge in [-0.1, -0.05) is 0 Å². The van der Waals surface area contributed by atoms with Gasteiger partial charge in [-0.25, -0.2) is 9.37 Å². The third-order valence-corrected chi connectivity index (χ3v) is 4.78. The molecular formula is C15H17ClFIN2O. The normalized spacial score (nSPS) is 15.0. The Kier molecular flexibility index (Phi) is 5.01. The van der Waals surface area contributed by atoms with Crippen LogP contribution in [0, 0.1) is 15.3 Å². The molecule has 1 heterocycles. The van der Waals surface area contributed by atoms with E-state index >= 15 is 0 Å². The number of hydrogen-bond donors (Lipinski definition) is 0. The molecule has 1 aromatic carbocycles. The first-order valence-corrected chi connectivity index (χ1v) is 8.78. The summed E-state index contributed by atoms with van der Waals surface area (Å²) in [5.74, 6) is 1.69. The fourth-order valence-electron chi connectivity index (χ4n) is 2.38. The van der Waals surface area contributed by atoms with Crippen LogP contribution in [0.15, 0.2) is 12.1 Å². The van der Waals surface area contributed by atoms with Crippen molar-refractivity contribution in [1.29, 1.82) is 0 Å². The van der Waals surface area contributed by atoms with E-state index in [1.807, 2.05) is 27.2 Å². The Hall–Kier alpha value is -0.400. The van der Waals surface area contributed by atoms with E-state index in [-0.39, 0.29) is 5.82 Å². The summed E-state index contributed by atoms with van der Waals surface area (Å²) in [6.45, 7) is 2.36. The molecule has 0 unspecified atom stereocenters. The summed E-state index contributed by atoms with van der Waals surface area (Å²) in [5, 5.41) is 0. The van der Waals surface area contributed by atoms with E-state index in [1.54, 1.807) is 12.1 Å². The molecule has 3 nitrogen and oxygen atoms in total. The lowest BCUT2D eigenvalue weighted by Crippen LogP contribution is -2.07. The Balaban J connectivity index is 1.70. The maximum atomic E-state index is 13.8. The zero-order chi connectivity index (χ0) is 14.8. The highest BCUT2D eigenvalue weighted by atomic mass is 127. The fraction of sp³-hybridized carbons (Fsp3) is 0.533. The van der Waals surface area contributed by atoms with Gasteiger partial charge in [-0.2, -0.15) is 0 Å². The molecule has 0 amide bonds. The number of benzene rings is 1. The zero-order valence-corrected chi connectivity index (χ0v) is 14.5. The van der Waals surface area contributed by atoms with E-state index in [9.17, 15) is 4.39 Å². The largest absolute Gasteiger partial charge is 0.381 e. The maximum Gasteiger partial charge on any atom is 0.138 e. The van der Waals surface area contributed by atoms with Crippen LogP contribution in [0.1, 0.15) is 25.1 Å². The Labute approximate surface area is 142 Å². The molecule has 21 heavy (non-hydrogen) atoms. The lowest BCUT2D eigenvalue weighted by molar-refractivity contribution is 0.119. The van der Waals surface area contributed by atoms with Gasteiger partial charge in [-0.3, -0.25) is 0 Å². The number of alkyl halides is 1. The van der Waals surface area contributed by atoms with Crippen LogP contribution in [-0.2, 0) is 17.2 Å². The first-order valence-electron chi connectivity index (χ1n) is 7.17. The minimum absolute atomic E-state index is 0.213. The number of fused-ring (bicyclic) bond motifs is 1. The summed E-state index contributed by atoms with van der Waals surface area (Å²) in [5.41, 5.74) is 1.61. The van der Waals surface area contributed by atoms with Crippen molar-refractivity contribution >= 4 is 45.2 Å². The van der Waals surface area contributed by atoms with Gasteiger partial charge < -0.3 is 9.30 Å². The van der Waals surface area contributed by atoms with Gasteiger partial charge in [-0.15, -0.1) is 11.6 Å². The SMILES string of the molecule is Fc1cc2c(cc1I)nc(CCl)n2CCCOCC1CC1. The van der Waals surface area contributed by atoms with Crippen LogP contribution in [-0.4, -0.2) is 22.8 Å². The van der Waals surface area contributed by atoms with Gasteiger partial charge in [0, 0.05) is 25.8 Å². The summed E-state index contributed by atoms with van der Waals surface area (Å²) in [6.07, 6.45) is 3.50. The van der Waals surface area contributed by atoms with Crippen molar-refractivity contribution in [3.63, 3.8) is 0 Å². The lowest BCUT2D eigenvalue weighted by Gasteiger charge is -2.08. The molecule has 0 spiro atoms. The van der Waals surface area contributed by atoms with E-state index < -0.39 is 0 Å². The first-order chi connectivity index (χ1) is 10.2. The Bertz CT molecular complexity index is 642. The number of aryl methyl sites for hydroxylation is 1. The number of hydrogen-bond acceptors (Lipinski definition) is 2. The third-order valence-electron chi connectivity index (χ3n) is 3.71. The summed E-state index contributed by atoms with van der Waals surface area (Å²) < 4.78 is 22.0. The Morgan fingerprint density at radius 3 is 2.95 bits per heavy atom. The number of imidazole rings is 1. The summed E-state index contributed by atoms with van der Waals surface area (Å²) in [4.78, 5) is 4.49. The molecule has 1 aromatic heterocycles. The van der Waals surface area contributed by atoms with Crippen LogP contribution < -0.4 is 0 Å². The minimum atomic E-state index is -0.213. The smallest absolute Gasteiger partial charge is 0.138 e. The van der Waals surface area contributed by atoms with Crippen molar-refractivity contribution < 1.29 is 9.13 Å². The molecule has 0 bridgehead atoms. The molecule has 3 rings (SSSR count). The molecule has 0 N–H and O–H groups in total. The number of rotatable bonds is 7. The van der Waals surface area contributed by atoms with Gasteiger partial charge in [-0.05, 0) is 53.8 Å². The number of halogens is 3. The Morgan fingerprint density at radius 1 is 1.43 bits per heavy atom. The topological polar surface area (TPSA) is 27.1 Å². The quantitative estimate of drug-likeness (QED) is 0.377. The molecule has 0 radical (unpaired) electrons. The van der Waals surface area contributed by atoms with E-state index in [0.29, 0.717) is 9.45 Å². The van der Waals surface area contributed by atoms with E-state index in [4.69, 9.17) is 16.3 Å². The predicted octanol–water partition coefficient (Wildman–Crippen LogP) is 4.34. The highest BCUT2D eigenvalue weighted by molar-refractivity contribution is 14.1. The van der Waals surface area contributed by atoms with Crippen molar-refractivity contribution in [3.8, 4) is 0 Å². The molecule has 6 heteroatoms. The van der Waals surface area contributed by atoms with Crippen molar-refractivity contribution in [3.05, 3.63) is 27.3 Å². The number of nitrogens with zero attached hydrogens (tertiary/aromatic N) is 2. The van der Waals surface area contributed by atoms with Gasteiger partial charge in [0.15, 0.2) is 0 Å². The van der Waals surface area contributed by atoms with Gasteiger partial charge in [0.2, 0.25) is 0 Å². The van der Waals surface area contributed by atoms with Crippen LogP contribution in [0.3, 0.4) is 0 Å². The molecule has 1 aliphatic carbocycles. The molecule has 114 valence electrons. The average molecular weight is 423 g/mol. The Morgan fingerprint density at radius 2 is 2.24 bits per heavy atom. The number of aromatic nitrogens is 2.